The summed E-state index contributed by atoms with van der Waals surface area (Å²) in [5.41, 5.74) is 0.893. The number of hydrogen-bond donors (Lipinski definition) is 0. The number of carbonyl (C=O) groups excluding carboxylic acids is 1. The fraction of sp³-hybridized carbons (Fsp3) is 0.667. The van der Waals surface area contributed by atoms with Crippen LogP contribution in [-0.2, 0) is 11.2 Å². The molecule has 0 aromatic heterocycles. The third-order valence-electron chi connectivity index (χ3n) is 6.90. The molecule has 4 heteroatoms. The molecule has 0 unspecified atom stereocenters. The van der Waals surface area contributed by atoms with Crippen LogP contribution in [0.3, 0.4) is 0 Å². The van der Waals surface area contributed by atoms with Crippen LogP contribution in [0.5, 0.6) is 0 Å². The average molecular weight is 342 g/mol. The van der Waals surface area contributed by atoms with E-state index in [4.69, 9.17) is 0 Å². The smallest absolute Gasteiger partial charge is 0.229 e. The van der Waals surface area contributed by atoms with Crippen molar-refractivity contribution in [3.8, 4) is 0 Å². The summed E-state index contributed by atoms with van der Waals surface area (Å²) in [6.07, 6.45) is 8.13. The van der Waals surface area contributed by atoms with Gasteiger partial charge in [0.15, 0.2) is 0 Å². The highest BCUT2D eigenvalue weighted by Crippen LogP contribution is 2.51. The van der Waals surface area contributed by atoms with Crippen LogP contribution < -0.4 is 0 Å². The zero-order valence-corrected chi connectivity index (χ0v) is 14.8. The van der Waals surface area contributed by atoms with E-state index in [1.807, 2.05) is 12.1 Å². The summed E-state index contributed by atoms with van der Waals surface area (Å²) >= 11 is 0. The van der Waals surface area contributed by atoms with Gasteiger partial charge in [-0.25, -0.2) is 4.39 Å². The molecule has 2 saturated heterocycles. The molecule has 2 aliphatic heterocycles. The van der Waals surface area contributed by atoms with Gasteiger partial charge in [0.2, 0.25) is 5.91 Å². The average Bonchev–Trinajstić information content (AvgIpc) is 3.53. The summed E-state index contributed by atoms with van der Waals surface area (Å²) in [5.74, 6) is 1.15. The number of rotatable bonds is 6. The number of halogens is 1. The summed E-state index contributed by atoms with van der Waals surface area (Å²) in [4.78, 5) is 18.0. The minimum Gasteiger partial charge on any atom is -0.336 e. The van der Waals surface area contributed by atoms with E-state index in [2.05, 4.69) is 9.80 Å². The molecule has 1 amide bonds. The van der Waals surface area contributed by atoms with Crippen molar-refractivity contribution in [2.24, 2.45) is 11.3 Å². The van der Waals surface area contributed by atoms with Crippen molar-refractivity contribution in [3.05, 3.63) is 35.6 Å². The topological polar surface area (TPSA) is 23.6 Å². The van der Waals surface area contributed by atoms with Crippen LogP contribution in [0.15, 0.2) is 24.3 Å². The number of carbonyl (C=O) groups is 1. The van der Waals surface area contributed by atoms with Crippen molar-refractivity contribution in [1.82, 2.24) is 9.80 Å². The summed E-state index contributed by atoms with van der Waals surface area (Å²) in [6.45, 7) is 3.24. The van der Waals surface area contributed by atoms with Crippen LogP contribution >= 0.6 is 0 Å². The Morgan fingerprint density at radius 2 is 1.88 bits per heavy atom. The highest BCUT2D eigenvalue weighted by atomic mass is 19.1. The predicted molar refractivity (Wildman–Crippen MR) is 94.6 cm³/mol. The molecule has 2 atom stereocenters. The van der Waals surface area contributed by atoms with E-state index in [0.29, 0.717) is 18.0 Å². The monoisotopic (exact) mass is 342 g/mol. The number of likely N-dealkylation sites (tertiary alicyclic amines) is 2. The van der Waals surface area contributed by atoms with Gasteiger partial charge < -0.3 is 4.90 Å². The Morgan fingerprint density at radius 1 is 1.12 bits per heavy atom. The number of piperazine rings is 1. The molecule has 0 N–H and O–H groups in total. The van der Waals surface area contributed by atoms with Gasteiger partial charge in [0, 0.05) is 25.2 Å². The van der Waals surface area contributed by atoms with Crippen LogP contribution in [-0.4, -0.2) is 47.4 Å². The van der Waals surface area contributed by atoms with Crippen molar-refractivity contribution in [2.75, 3.05) is 19.6 Å². The van der Waals surface area contributed by atoms with Crippen molar-refractivity contribution >= 4 is 5.91 Å². The Kier molecular flexibility index (Phi) is 3.67. The van der Waals surface area contributed by atoms with Gasteiger partial charge in [-0.2, -0.15) is 0 Å². The molecule has 5 rings (SSSR count). The quantitative estimate of drug-likeness (QED) is 0.792. The summed E-state index contributed by atoms with van der Waals surface area (Å²) in [6, 6.07) is 7.70. The molecule has 1 aromatic rings. The van der Waals surface area contributed by atoms with E-state index in [0.717, 1.165) is 43.8 Å². The van der Waals surface area contributed by atoms with Gasteiger partial charge in [-0.05, 0) is 62.3 Å². The highest BCUT2D eigenvalue weighted by Gasteiger charge is 2.55. The second-order valence-electron chi connectivity index (χ2n) is 8.81. The maximum absolute atomic E-state index is 13.2. The van der Waals surface area contributed by atoms with Gasteiger partial charge in [-0.1, -0.05) is 25.0 Å². The molecular formula is C21H27FN2O. The first-order valence-corrected chi connectivity index (χ1v) is 9.93. The second-order valence-corrected chi connectivity index (χ2v) is 8.81. The van der Waals surface area contributed by atoms with Crippen LogP contribution in [0.4, 0.5) is 4.39 Å². The van der Waals surface area contributed by atoms with E-state index >= 15 is 0 Å². The van der Waals surface area contributed by atoms with E-state index in [9.17, 15) is 9.18 Å². The number of hydrogen-bond acceptors (Lipinski definition) is 2. The van der Waals surface area contributed by atoms with Crippen molar-refractivity contribution in [2.45, 2.75) is 57.0 Å². The van der Waals surface area contributed by atoms with Gasteiger partial charge in [0.05, 0.1) is 5.41 Å². The van der Waals surface area contributed by atoms with Gasteiger partial charge >= 0.3 is 0 Å². The molecule has 0 spiro atoms. The Labute approximate surface area is 149 Å². The summed E-state index contributed by atoms with van der Waals surface area (Å²) in [7, 11) is 0. The minimum absolute atomic E-state index is 0.193. The Morgan fingerprint density at radius 3 is 2.48 bits per heavy atom. The molecule has 0 radical (unpaired) electrons. The lowest BCUT2D eigenvalue weighted by Crippen LogP contribution is -2.51. The minimum atomic E-state index is -0.205. The Bertz CT molecular complexity index is 665. The highest BCUT2D eigenvalue weighted by molar-refractivity contribution is 5.86. The zero-order chi connectivity index (χ0) is 17.0. The van der Waals surface area contributed by atoms with Crippen molar-refractivity contribution in [1.29, 1.82) is 0 Å². The van der Waals surface area contributed by atoms with Crippen LogP contribution in [0, 0.1) is 17.2 Å². The van der Waals surface area contributed by atoms with Gasteiger partial charge in [0.1, 0.15) is 5.82 Å². The maximum atomic E-state index is 13.2. The molecule has 3 nitrogen and oxygen atoms in total. The van der Waals surface area contributed by atoms with E-state index in [1.165, 1.54) is 44.4 Å². The normalized spacial score (nSPS) is 30.0. The molecule has 2 saturated carbocycles. The van der Waals surface area contributed by atoms with Crippen LogP contribution in [0.2, 0.25) is 0 Å². The lowest BCUT2D eigenvalue weighted by atomic mass is 9.94. The SMILES string of the molecule is O=C(N1C[C@@H]2C[C@H]1CN2CCC1CC1)C1(Cc2ccc(F)cc2)CC1. The molecule has 1 aromatic carbocycles. The molecule has 2 aliphatic carbocycles. The van der Waals surface area contributed by atoms with Crippen molar-refractivity contribution < 1.29 is 9.18 Å². The van der Waals surface area contributed by atoms with Crippen LogP contribution in [0.1, 0.15) is 44.1 Å². The fourth-order valence-electron chi connectivity index (χ4n) is 4.94. The number of benzene rings is 1. The first-order valence-electron chi connectivity index (χ1n) is 9.93. The molecule has 4 fully saturated rings. The largest absolute Gasteiger partial charge is 0.336 e. The fourth-order valence-corrected chi connectivity index (χ4v) is 4.94. The molecule has 25 heavy (non-hydrogen) atoms. The summed E-state index contributed by atoms with van der Waals surface area (Å²) in [5, 5.41) is 0. The number of amides is 1. The van der Waals surface area contributed by atoms with Gasteiger partial charge in [0.25, 0.3) is 0 Å². The van der Waals surface area contributed by atoms with Crippen LogP contribution in [0.25, 0.3) is 0 Å². The number of nitrogens with zero attached hydrogens (tertiary/aromatic N) is 2. The third-order valence-corrected chi connectivity index (χ3v) is 6.90. The molecule has 134 valence electrons. The first kappa shape index (κ1) is 15.8. The maximum Gasteiger partial charge on any atom is 0.229 e. The molecule has 2 heterocycles. The van der Waals surface area contributed by atoms with Gasteiger partial charge in [-0.3, -0.25) is 9.69 Å². The summed E-state index contributed by atoms with van der Waals surface area (Å²) < 4.78 is 13.1. The first-order chi connectivity index (χ1) is 12.1. The number of fused-ring (bicyclic) bond motifs is 2. The lowest BCUT2D eigenvalue weighted by molar-refractivity contribution is -0.139. The van der Waals surface area contributed by atoms with Crippen molar-refractivity contribution in [3.63, 3.8) is 0 Å². The molecule has 2 bridgehead atoms. The van der Waals surface area contributed by atoms with E-state index in [-0.39, 0.29) is 11.2 Å². The third kappa shape index (κ3) is 2.99. The van der Waals surface area contributed by atoms with E-state index in [1.54, 1.807) is 0 Å². The zero-order valence-electron chi connectivity index (χ0n) is 14.8. The lowest BCUT2D eigenvalue weighted by Gasteiger charge is -2.36. The Balaban J connectivity index is 1.21. The van der Waals surface area contributed by atoms with E-state index < -0.39 is 0 Å². The molecule has 4 aliphatic rings. The van der Waals surface area contributed by atoms with Gasteiger partial charge in [-0.15, -0.1) is 0 Å². The second kappa shape index (κ2) is 5.80. The standard InChI is InChI=1S/C21H27FN2O/c22-17-5-3-16(4-6-17)12-21(8-9-21)20(25)24-14-18-11-19(24)13-23(18)10-7-15-1-2-15/h3-6,15,18-19H,1-2,7-14H2/t18-,19-/m0/s1. The predicted octanol–water partition coefficient (Wildman–Crippen LogP) is 3.23. The Hall–Kier alpha value is -1.42. The molecular weight excluding hydrogens is 315 g/mol.